The number of rotatable bonds is 4. The Labute approximate surface area is 157 Å². The summed E-state index contributed by atoms with van der Waals surface area (Å²) in [6.07, 6.45) is 1.73. The van der Waals surface area contributed by atoms with E-state index in [9.17, 15) is 18.0 Å². The molecule has 0 aliphatic carbocycles. The summed E-state index contributed by atoms with van der Waals surface area (Å²) in [6.45, 7) is 1.84. The van der Waals surface area contributed by atoms with Crippen LogP contribution in [0.2, 0.25) is 0 Å². The molecule has 142 valence electrons. The molecule has 2 aromatic carbocycles. The number of hydrogen-bond donors (Lipinski definition) is 3. The number of carbonyl (C=O) groups excluding carboxylic acids is 2. The number of benzene rings is 2. The van der Waals surface area contributed by atoms with Gasteiger partial charge >= 0.3 is 6.03 Å². The summed E-state index contributed by atoms with van der Waals surface area (Å²) in [5.41, 5.74) is 8.00. The topological polar surface area (TPSA) is 122 Å². The lowest BCUT2D eigenvalue weighted by Gasteiger charge is -2.21. The average molecular weight is 388 g/mol. The smallest absolute Gasteiger partial charge is 0.316 e. The van der Waals surface area contributed by atoms with E-state index in [4.69, 9.17) is 5.73 Å². The summed E-state index contributed by atoms with van der Waals surface area (Å²) in [5.74, 6) is -0.307. The highest BCUT2D eigenvalue weighted by Gasteiger charge is 2.32. The van der Waals surface area contributed by atoms with Crippen molar-refractivity contribution in [2.75, 3.05) is 21.2 Å². The number of fused-ring (bicyclic) bond motifs is 1. The molecule has 0 radical (unpaired) electrons. The Hall–Kier alpha value is -3.07. The fourth-order valence-corrected chi connectivity index (χ4v) is 4.50. The molecule has 0 saturated heterocycles. The SMILES string of the molecule is CC1Cc2cc(C(=O)Nc3ccc(NC(N)=O)cc3)ccc2N1S(C)(=O)=O. The minimum Gasteiger partial charge on any atom is -0.351 e. The monoisotopic (exact) mass is 388 g/mol. The van der Waals surface area contributed by atoms with E-state index in [2.05, 4.69) is 10.6 Å². The van der Waals surface area contributed by atoms with E-state index in [-0.39, 0.29) is 11.9 Å². The number of hydrogen-bond acceptors (Lipinski definition) is 4. The highest BCUT2D eigenvalue weighted by atomic mass is 32.2. The van der Waals surface area contributed by atoms with Crippen LogP contribution >= 0.6 is 0 Å². The van der Waals surface area contributed by atoms with Gasteiger partial charge in [-0.25, -0.2) is 13.2 Å². The van der Waals surface area contributed by atoms with Gasteiger partial charge in [0.05, 0.1) is 11.9 Å². The van der Waals surface area contributed by atoms with Gasteiger partial charge in [0.1, 0.15) is 0 Å². The number of carbonyl (C=O) groups is 2. The van der Waals surface area contributed by atoms with Crippen LogP contribution in [0.1, 0.15) is 22.8 Å². The predicted molar refractivity (Wildman–Crippen MR) is 105 cm³/mol. The number of anilines is 3. The van der Waals surface area contributed by atoms with Crippen LogP contribution in [-0.2, 0) is 16.4 Å². The molecular weight excluding hydrogens is 368 g/mol. The number of nitrogens with one attached hydrogen (secondary N) is 2. The summed E-state index contributed by atoms with van der Waals surface area (Å²) in [5, 5.41) is 5.21. The first-order valence-electron chi connectivity index (χ1n) is 8.25. The maximum atomic E-state index is 12.5. The van der Waals surface area contributed by atoms with E-state index >= 15 is 0 Å². The lowest BCUT2D eigenvalue weighted by Crippen LogP contribution is -2.34. The maximum absolute atomic E-state index is 12.5. The number of nitrogens with two attached hydrogens (primary N) is 1. The molecule has 1 aliphatic rings. The van der Waals surface area contributed by atoms with Gasteiger partial charge in [0.2, 0.25) is 10.0 Å². The fourth-order valence-electron chi connectivity index (χ4n) is 3.23. The van der Waals surface area contributed by atoms with Gasteiger partial charge in [0.25, 0.3) is 5.91 Å². The van der Waals surface area contributed by atoms with Gasteiger partial charge in [-0.3, -0.25) is 9.10 Å². The second-order valence-electron chi connectivity index (χ2n) is 6.48. The lowest BCUT2D eigenvalue weighted by atomic mass is 10.1. The van der Waals surface area contributed by atoms with Gasteiger partial charge in [-0.1, -0.05) is 0 Å². The van der Waals surface area contributed by atoms with Crippen molar-refractivity contribution in [1.82, 2.24) is 0 Å². The molecule has 0 saturated carbocycles. The number of nitrogens with zero attached hydrogens (tertiary/aromatic N) is 1. The second kappa shape index (κ2) is 6.92. The normalized spacial score (nSPS) is 15.9. The van der Waals surface area contributed by atoms with E-state index in [0.29, 0.717) is 29.0 Å². The van der Waals surface area contributed by atoms with Gasteiger partial charge in [-0.15, -0.1) is 0 Å². The predicted octanol–water partition coefficient (Wildman–Crippen LogP) is 2.14. The minimum absolute atomic E-state index is 0.182. The van der Waals surface area contributed by atoms with Crippen molar-refractivity contribution in [3.8, 4) is 0 Å². The molecule has 0 fully saturated rings. The zero-order chi connectivity index (χ0) is 19.8. The quantitative estimate of drug-likeness (QED) is 0.743. The van der Waals surface area contributed by atoms with E-state index in [0.717, 1.165) is 5.56 Å². The molecule has 8 nitrogen and oxygen atoms in total. The third kappa shape index (κ3) is 4.03. The van der Waals surface area contributed by atoms with Gasteiger partial charge in [0, 0.05) is 23.0 Å². The van der Waals surface area contributed by atoms with Gasteiger partial charge in [-0.2, -0.15) is 0 Å². The Bertz CT molecular complexity index is 1000. The lowest BCUT2D eigenvalue weighted by molar-refractivity contribution is 0.102. The van der Waals surface area contributed by atoms with Crippen LogP contribution in [0.4, 0.5) is 21.9 Å². The highest BCUT2D eigenvalue weighted by Crippen LogP contribution is 2.34. The molecule has 0 aromatic heterocycles. The largest absolute Gasteiger partial charge is 0.351 e. The van der Waals surface area contributed by atoms with Crippen LogP contribution in [-0.4, -0.2) is 32.7 Å². The molecule has 4 N–H and O–H groups in total. The first-order valence-corrected chi connectivity index (χ1v) is 10.1. The van der Waals surface area contributed by atoms with Crippen LogP contribution in [0.25, 0.3) is 0 Å². The number of urea groups is 1. The molecule has 0 spiro atoms. The number of sulfonamides is 1. The summed E-state index contributed by atoms with van der Waals surface area (Å²) in [7, 11) is -3.37. The van der Waals surface area contributed by atoms with E-state index in [1.54, 1.807) is 42.5 Å². The van der Waals surface area contributed by atoms with Crippen molar-refractivity contribution in [3.05, 3.63) is 53.6 Å². The van der Waals surface area contributed by atoms with Gasteiger partial charge < -0.3 is 16.4 Å². The molecule has 9 heteroatoms. The molecule has 1 unspecified atom stereocenters. The summed E-state index contributed by atoms with van der Waals surface area (Å²) >= 11 is 0. The molecule has 1 aliphatic heterocycles. The molecule has 0 bridgehead atoms. The van der Waals surface area contributed by atoms with E-state index in [1.165, 1.54) is 10.6 Å². The average Bonchev–Trinajstić information content (AvgIpc) is 2.91. The Kier molecular flexibility index (Phi) is 4.79. The molecule has 3 rings (SSSR count). The first kappa shape index (κ1) is 18.7. The third-order valence-corrected chi connectivity index (χ3v) is 5.53. The van der Waals surface area contributed by atoms with Crippen LogP contribution in [0.15, 0.2) is 42.5 Å². The van der Waals surface area contributed by atoms with Crippen LogP contribution < -0.4 is 20.7 Å². The minimum atomic E-state index is -3.37. The Morgan fingerprint density at radius 3 is 2.22 bits per heavy atom. The van der Waals surface area contributed by atoms with Crippen molar-refractivity contribution in [2.45, 2.75) is 19.4 Å². The van der Waals surface area contributed by atoms with E-state index < -0.39 is 16.1 Å². The Morgan fingerprint density at radius 1 is 1.07 bits per heavy atom. The standard InChI is InChI=1S/C18H20N4O4S/c1-11-9-13-10-12(3-8-16(13)22(11)27(2,25)26)17(23)20-14-4-6-15(7-5-14)21-18(19)24/h3-8,10-11H,9H2,1-2H3,(H,20,23)(H3,19,21,24). The first-order chi connectivity index (χ1) is 12.6. The molecule has 27 heavy (non-hydrogen) atoms. The van der Waals surface area contributed by atoms with Crippen LogP contribution in [0.5, 0.6) is 0 Å². The molecule has 3 amide bonds. The van der Waals surface area contributed by atoms with Crippen LogP contribution in [0, 0.1) is 0 Å². The molecule has 1 atom stereocenters. The molecule has 1 heterocycles. The molecular formula is C18H20N4O4S. The Morgan fingerprint density at radius 2 is 1.67 bits per heavy atom. The summed E-state index contributed by atoms with van der Waals surface area (Å²) in [4.78, 5) is 23.3. The highest BCUT2D eigenvalue weighted by molar-refractivity contribution is 7.92. The summed E-state index contributed by atoms with van der Waals surface area (Å²) < 4.78 is 25.3. The maximum Gasteiger partial charge on any atom is 0.316 e. The second-order valence-corrected chi connectivity index (χ2v) is 8.34. The fraction of sp³-hybridized carbons (Fsp3) is 0.222. The van der Waals surface area contributed by atoms with E-state index in [1.807, 2.05) is 6.92 Å². The number of amides is 3. The van der Waals surface area contributed by atoms with Gasteiger partial charge in [0.15, 0.2) is 0 Å². The Balaban J connectivity index is 1.77. The van der Waals surface area contributed by atoms with Gasteiger partial charge in [-0.05, 0) is 61.4 Å². The zero-order valence-corrected chi connectivity index (χ0v) is 15.7. The zero-order valence-electron chi connectivity index (χ0n) is 14.9. The van der Waals surface area contributed by atoms with Crippen molar-refractivity contribution >= 4 is 39.0 Å². The van der Waals surface area contributed by atoms with Crippen LogP contribution in [0.3, 0.4) is 0 Å². The molecule has 2 aromatic rings. The number of primary amides is 1. The summed E-state index contributed by atoms with van der Waals surface area (Å²) in [6, 6.07) is 10.7. The van der Waals surface area contributed by atoms with Crippen molar-refractivity contribution in [1.29, 1.82) is 0 Å². The third-order valence-electron chi connectivity index (χ3n) is 4.26. The van der Waals surface area contributed by atoms with Crippen molar-refractivity contribution in [2.24, 2.45) is 5.73 Å². The van der Waals surface area contributed by atoms with Crippen molar-refractivity contribution in [3.63, 3.8) is 0 Å². The van der Waals surface area contributed by atoms with Crippen molar-refractivity contribution < 1.29 is 18.0 Å².